The van der Waals surface area contributed by atoms with Crippen molar-refractivity contribution in [3.63, 3.8) is 0 Å². The Hall–Kier alpha value is -0.420. The molecule has 2 heterocycles. The van der Waals surface area contributed by atoms with Gasteiger partial charge in [0, 0.05) is 31.1 Å². The first kappa shape index (κ1) is 11.1. The van der Waals surface area contributed by atoms with E-state index in [4.69, 9.17) is 4.74 Å². The van der Waals surface area contributed by atoms with Crippen LogP contribution < -0.4 is 10.6 Å². The lowest BCUT2D eigenvalue weighted by molar-refractivity contribution is 0.0291. The van der Waals surface area contributed by atoms with E-state index in [2.05, 4.69) is 29.0 Å². The first-order valence-corrected chi connectivity index (χ1v) is 6.30. The highest BCUT2D eigenvalue weighted by Crippen LogP contribution is 2.14. The number of morpholine rings is 1. The number of ether oxygens (including phenoxy) is 1. The highest BCUT2D eigenvalue weighted by molar-refractivity contribution is 7.10. The van der Waals surface area contributed by atoms with Gasteiger partial charge in [0.05, 0.1) is 12.7 Å². The zero-order chi connectivity index (χ0) is 10.5. The highest BCUT2D eigenvalue weighted by Gasteiger charge is 2.12. The smallest absolute Gasteiger partial charge is 0.0824 e. The summed E-state index contributed by atoms with van der Waals surface area (Å²) in [5, 5.41) is 8.92. The second-order valence-electron chi connectivity index (χ2n) is 3.85. The molecule has 1 aromatic heterocycles. The minimum absolute atomic E-state index is 0.332. The predicted octanol–water partition coefficient (Wildman–Crippen LogP) is 1.13. The van der Waals surface area contributed by atoms with E-state index in [1.807, 2.05) is 11.3 Å². The van der Waals surface area contributed by atoms with Crippen LogP contribution in [0.25, 0.3) is 0 Å². The van der Waals surface area contributed by atoms with Crippen LogP contribution in [-0.2, 0) is 11.3 Å². The highest BCUT2D eigenvalue weighted by atomic mass is 32.1. The summed E-state index contributed by atoms with van der Waals surface area (Å²) in [6, 6.07) is 2.17. The summed E-state index contributed by atoms with van der Waals surface area (Å²) < 4.78 is 5.61. The molecule has 1 aromatic rings. The molecule has 0 aliphatic carbocycles. The molecular formula is C11H18N2OS. The minimum Gasteiger partial charge on any atom is -0.374 e. The molecule has 2 N–H and O–H groups in total. The van der Waals surface area contributed by atoms with Gasteiger partial charge in [-0.25, -0.2) is 0 Å². The van der Waals surface area contributed by atoms with Gasteiger partial charge in [-0.15, -0.1) is 11.3 Å². The zero-order valence-electron chi connectivity index (χ0n) is 9.08. The van der Waals surface area contributed by atoms with Crippen molar-refractivity contribution in [1.29, 1.82) is 0 Å². The Labute approximate surface area is 94.8 Å². The number of hydrogen-bond donors (Lipinski definition) is 2. The van der Waals surface area contributed by atoms with E-state index < -0.39 is 0 Å². The molecule has 2 rings (SSSR count). The van der Waals surface area contributed by atoms with Crippen molar-refractivity contribution < 1.29 is 4.74 Å². The molecule has 0 radical (unpaired) electrons. The molecule has 0 aromatic carbocycles. The van der Waals surface area contributed by atoms with Crippen molar-refractivity contribution in [3.05, 3.63) is 21.9 Å². The van der Waals surface area contributed by atoms with Gasteiger partial charge in [-0.2, -0.15) is 0 Å². The Kier molecular flexibility index (Phi) is 4.14. The third-order valence-electron chi connectivity index (χ3n) is 2.63. The monoisotopic (exact) mass is 226 g/mol. The van der Waals surface area contributed by atoms with Crippen molar-refractivity contribution in [1.82, 2.24) is 10.6 Å². The molecule has 0 spiro atoms. The number of aryl methyl sites for hydroxylation is 1. The molecule has 1 aliphatic heterocycles. The molecule has 1 aliphatic rings. The summed E-state index contributed by atoms with van der Waals surface area (Å²) >= 11 is 1.82. The lowest BCUT2D eigenvalue weighted by atomic mass is 10.2. The first-order chi connectivity index (χ1) is 7.36. The fraction of sp³-hybridized carbons (Fsp3) is 0.636. The van der Waals surface area contributed by atoms with Crippen LogP contribution in [0.15, 0.2) is 11.4 Å². The number of rotatable bonds is 4. The largest absolute Gasteiger partial charge is 0.374 e. The van der Waals surface area contributed by atoms with Crippen LogP contribution in [0, 0.1) is 6.92 Å². The van der Waals surface area contributed by atoms with Gasteiger partial charge >= 0.3 is 0 Å². The van der Waals surface area contributed by atoms with Crippen LogP contribution in [0.5, 0.6) is 0 Å². The third kappa shape index (κ3) is 3.28. The fourth-order valence-electron chi connectivity index (χ4n) is 1.68. The number of nitrogens with one attached hydrogen (secondary N) is 2. The van der Waals surface area contributed by atoms with Crippen molar-refractivity contribution in [2.75, 3.05) is 26.2 Å². The lowest BCUT2D eigenvalue weighted by Gasteiger charge is -2.23. The zero-order valence-corrected chi connectivity index (χ0v) is 9.90. The lowest BCUT2D eigenvalue weighted by Crippen LogP contribution is -2.43. The van der Waals surface area contributed by atoms with E-state index in [1.165, 1.54) is 10.4 Å². The van der Waals surface area contributed by atoms with E-state index in [0.29, 0.717) is 6.10 Å². The normalized spacial score (nSPS) is 21.8. The van der Waals surface area contributed by atoms with E-state index in [9.17, 15) is 0 Å². The van der Waals surface area contributed by atoms with Crippen LogP contribution in [-0.4, -0.2) is 32.3 Å². The maximum atomic E-state index is 5.61. The molecule has 3 nitrogen and oxygen atoms in total. The van der Waals surface area contributed by atoms with E-state index in [-0.39, 0.29) is 0 Å². The van der Waals surface area contributed by atoms with Crippen molar-refractivity contribution in [3.8, 4) is 0 Å². The maximum Gasteiger partial charge on any atom is 0.0824 e. The molecule has 1 atom stereocenters. The van der Waals surface area contributed by atoms with Crippen LogP contribution in [0.2, 0.25) is 0 Å². The quantitative estimate of drug-likeness (QED) is 0.807. The Morgan fingerprint density at radius 1 is 1.67 bits per heavy atom. The van der Waals surface area contributed by atoms with E-state index in [0.717, 1.165) is 32.8 Å². The van der Waals surface area contributed by atoms with Crippen LogP contribution >= 0.6 is 11.3 Å². The van der Waals surface area contributed by atoms with E-state index >= 15 is 0 Å². The van der Waals surface area contributed by atoms with Crippen molar-refractivity contribution >= 4 is 11.3 Å². The third-order valence-corrected chi connectivity index (χ3v) is 3.65. The summed E-state index contributed by atoms with van der Waals surface area (Å²) in [5.74, 6) is 0. The predicted molar refractivity (Wildman–Crippen MR) is 63.4 cm³/mol. The Morgan fingerprint density at radius 3 is 3.27 bits per heavy atom. The summed E-state index contributed by atoms with van der Waals surface area (Å²) in [4.78, 5) is 1.43. The Bertz CT molecular complexity index is 295. The summed E-state index contributed by atoms with van der Waals surface area (Å²) in [6.07, 6.45) is 0.332. The van der Waals surface area contributed by atoms with Crippen LogP contribution in [0.1, 0.15) is 10.4 Å². The standard InChI is InChI=1S/C11H18N2OS/c1-9-2-5-15-11(9)8-13-7-10-6-12-3-4-14-10/h2,5,10,12-13H,3-4,6-8H2,1H3. The Morgan fingerprint density at radius 2 is 2.60 bits per heavy atom. The van der Waals surface area contributed by atoms with Gasteiger partial charge in [0.25, 0.3) is 0 Å². The van der Waals surface area contributed by atoms with Crippen LogP contribution in [0.3, 0.4) is 0 Å². The van der Waals surface area contributed by atoms with Gasteiger partial charge in [0.2, 0.25) is 0 Å². The second kappa shape index (κ2) is 5.61. The van der Waals surface area contributed by atoms with Crippen molar-refractivity contribution in [2.24, 2.45) is 0 Å². The van der Waals surface area contributed by atoms with Gasteiger partial charge in [0.1, 0.15) is 0 Å². The van der Waals surface area contributed by atoms with Gasteiger partial charge < -0.3 is 15.4 Å². The summed E-state index contributed by atoms with van der Waals surface area (Å²) in [6.45, 7) is 6.85. The number of thiophene rings is 1. The first-order valence-electron chi connectivity index (χ1n) is 5.42. The van der Waals surface area contributed by atoms with Crippen LogP contribution in [0.4, 0.5) is 0 Å². The molecule has 1 unspecified atom stereocenters. The van der Waals surface area contributed by atoms with Gasteiger partial charge in [-0.3, -0.25) is 0 Å². The average molecular weight is 226 g/mol. The average Bonchev–Trinajstić information content (AvgIpc) is 2.66. The molecule has 1 fully saturated rings. The summed E-state index contributed by atoms with van der Waals surface area (Å²) in [7, 11) is 0. The molecule has 0 bridgehead atoms. The molecule has 4 heteroatoms. The maximum absolute atomic E-state index is 5.61. The Balaban J connectivity index is 1.68. The van der Waals surface area contributed by atoms with E-state index in [1.54, 1.807) is 0 Å². The molecule has 15 heavy (non-hydrogen) atoms. The molecular weight excluding hydrogens is 208 g/mol. The second-order valence-corrected chi connectivity index (χ2v) is 4.86. The molecule has 0 amide bonds. The molecule has 84 valence electrons. The number of hydrogen-bond acceptors (Lipinski definition) is 4. The SMILES string of the molecule is Cc1ccsc1CNCC1CNCCO1. The van der Waals surface area contributed by atoms with Gasteiger partial charge in [0.15, 0.2) is 0 Å². The molecule has 0 saturated carbocycles. The topological polar surface area (TPSA) is 33.3 Å². The van der Waals surface area contributed by atoms with Crippen molar-refractivity contribution in [2.45, 2.75) is 19.6 Å². The summed E-state index contributed by atoms with van der Waals surface area (Å²) in [5.41, 5.74) is 1.38. The minimum atomic E-state index is 0.332. The van der Waals surface area contributed by atoms with Gasteiger partial charge in [-0.05, 0) is 23.9 Å². The molecule has 1 saturated heterocycles. The van der Waals surface area contributed by atoms with Gasteiger partial charge in [-0.1, -0.05) is 0 Å². The fourth-order valence-corrected chi connectivity index (χ4v) is 2.56.